The van der Waals surface area contributed by atoms with Crippen LogP contribution in [0, 0.1) is 6.92 Å². The zero-order chi connectivity index (χ0) is 19.4. The Hall–Kier alpha value is -1.06. The molecule has 106 valence electrons. The molecule has 3 nitrogen and oxygen atoms in total. The number of amides is 1. The summed E-state index contributed by atoms with van der Waals surface area (Å²) in [6.07, 6.45) is -3.99. The second-order valence-corrected chi connectivity index (χ2v) is 4.45. The Balaban J connectivity index is 0.00000338. The largest absolute Gasteiger partial charge is 0.295 e. The smallest absolute Gasteiger partial charge is 0.245 e. The molecule has 1 aromatic rings. The Bertz CT molecular complexity index is 680. The first-order valence-electron chi connectivity index (χ1n) is 9.42. The van der Waals surface area contributed by atoms with E-state index in [-0.39, 0.29) is 12.4 Å². The number of carbonyl (C=O) groups excluding carboxylic acids is 1. The van der Waals surface area contributed by atoms with Crippen molar-refractivity contribution in [1.82, 2.24) is 4.90 Å². The molecule has 19 heavy (non-hydrogen) atoms. The van der Waals surface area contributed by atoms with Crippen molar-refractivity contribution in [3.05, 3.63) is 29.8 Å². The molecule has 1 fully saturated rings. The van der Waals surface area contributed by atoms with E-state index in [9.17, 15) is 4.79 Å². The molecule has 0 aliphatic carbocycles. The number of hydrogen-bond donors (Lipinski definition) is 0. The molecule has 1 aliphatic rings. The maximum Gasteiger partial charge on any atom is 0.245 e. The molecular formula is C15H23ClN2O. The van der Waals surface area contributed by atoms with Gasteiger partial charge in [-0.1, -0.05) is 25.1 Å². The van der Waals surface area contributed by atoms with Gasteiger partial charge in [0.25, 0.3) is 0 Å². The van der Waals surface area contributed by atoms with Gasteiger partial charge in [0.1, 0.15) is 0 Å². The van der Waals surface area contributed by atoms with Crippen LogP contribution in [-0.2, 0) is 4.79 Å². The first-order valence-corrected chi connectivity index (χ1v) is 5.92. The molecule has 1 aromatic carbocycles. The van der Waals surface area contributed by atoms with Crippen molar-refractivity contribution in [3.8, 4) is 0 Å². The molecule has 0 bridgehead atoms. The lowest BCUT2D eigenvalue weighted by atomic mass is 10.1. The molecule has 2 unspecified atom stereocenters. The third-order valence-electron chi connectivity index (χ3n) is 3.35. The van der Waals surface area contributed by atoms with Crippen LogP contribution in [0.3, 0.4) is 0 Å². The predicted octanol–water partition coefficient (Wildman–Crippen LogP) is 3.21. The quantitative estimate of drug-likeness (QED) is 0.853. The van der Waals surface area contributed by atoms with E-state index in [1.165, 1.54) is 11.8 Å². The van der Waals surface area contributed by atoms with Crippen molar-refractivity contribution in [2.45, 2.75) is 46.2 Å². The van der Waals surface area contributed by atoms with E-state index in [2.05, 4.69) is 0 Å². The first kappa shape index (κ1) is 8.28. The van der Waals surface area contributed by atoms with Crippen molar-refractivity contribution in [2.75, 3.05) is 11.4 Å². The fourth-order valence-electron chi connectivity index (χ4n) is 2.36. The zero-order valence-corrected chi connectivity index (χ0v) is 12.0. The van der Waals surface area contributed by atoms with E-state index in [0.29, 0.717) is 5.69 Å². The van der Waals surface area contributed by atoms with Gasteiger partial charge in [0, 0.05) is 21.8 Å². The normalized spacial score (nSPS) is 31.2. The lowest BCUT2D eigenvalue weighted by Crippen LogP contribution is -2.38. The van der Waals surface area contributed by atoms with Crippen LogP contribution < -0.4 is 4.90 Å². The molecule has 2 atom stereocenters. The highest BCUT2D eigenvalue weighted by Gasteiger charge is 2.41. The number of hydrogen-bond acceptors (Lipinski definition) is 2. The number of rotatable bonds is 3. The van der Waals surface area contributed by atoms with Crippen molar-refractivity contribution in [3.63, 3.8) is 0 Å². The summed E-state index contributed by atoms with van der Waals surface area (Å²) in [4.78, 5) is 15.2. The molecule has 0 spiro atoms. The molecule has 0 radical (unpaired) electrons. The van der Waals surface area contributed by atoms with Gasteiger partial charge in [-0.25, -0.2) is 0 Å². The van der Waals surface area contributed by atoms with E-state index in [0.717, 1.165) is 10.5 Å². The molecule has 0 saturated carbocycles. The number of carbonyl (C=O) groups is 1. The van der Waals surface area contributed by atoms with Crippen LogP contribution >= 0.6 is 12.4 Å². The van der Waals surface area contributed by atoms with Gasteiger partial charge in [-0.05, 0) is 38.8 Å². The van der Waals surface area contributed by atoms with Gasteiger partial charge in [0.2, 0.25) is 5.91 Å². The fourth-order valence-corrected chi connectivity index (χ4v) is 2.36. The lowest BCUT2D eigenvalue weighted by Gasteiger charge is -2.28. The Morgan fingerprint density at radius 2 is 2.05 bits per heavy atom. The Kier molecular flexibility index (Phi) is 2.79. The molecule has 1 heterocycles. The van der Waals surface area contributed by atoms with Crippen LogP contribution in [0.4, 0.5) is 5.69 Å². The van der Waals surface area contributed by atoms with Crippen LogP contribution in [0.25, 0.3) is 0 Å². The number of para-hydroxylation sites is 1. The SMILES string of the molecule is Cl.[2H]C([2H])([2H])C([2H])([2H])C([2H])([2H])N1C(C)C(=O)N(c2ccccc2C)C1C. The molecule has 4 heteroatoms. The minimum absolute atomic E-state index is 0. The second kappa shape index (κ2) is 6.40. The number of benzene rings is 1. The Morgan fingerprint density at radius 3 is 2.68 bits per heavy atom. The van der Waals surface area contributed by atoms with Crippen LogP contribution in [0.5, 0.6) is 0 Å². The molecule has 0 N–H and O–H groups in total. The van der Waals surface area contributed by atoms with Gasteiger partial charge in [0.15, 0.2) is 0 Å². The topological polar surface area (TPSA) is 23.6 Å². The van der Waals surface area contributed by atoms with Gasteiger partial charge >= 0.3 is 0 Å². The molecule has 2 rings (SSSR count). The van der Waals surface area contributed by atoms with Crippen LogP contribution in [-0.4, -0.2) is 29.5 Å². The number of nitrogens with zero attached hydrogens (tertiary/aromatic N) is 2. The van der Waals surface area contributed by atoms with E-state index in [1.807, 2.05) is 19.1 Å². The van der Waals surface area contributed by atoms with Gasteiger partial charge in [-0.3, -0.25) is 14.6 Å². The molecular weight excluding hydrogens is 260 g/mol. The molecule has 1 saturated heterocycles. The third kappa shape index (κ3) is 2.77. The highest BCUT2D eigenvalue weighted by atomic mass is 35.5. The molecule has 1 aliphatic heterocycles. The van der Waals surface area contributed by atoms with E-state index in [4.69, 9.17) is 9.60 Å². The predicted molar refractivity (Wildman–Crippen MR) is 81.8 cm³/mol. The minimum atomic E-state index is -3.17. The standard InChI is InChI=1S/C15H22N2O.ClH/c1-5-10-16-12(3)15(18)17(13(16)4)14-9-7-6-8-11(14)2;/h6-9,12-13H,5,10H2,1-4H3;1H/i1D3,5D2,10D2;. The zero-order valence-electron chi connectivity index (χ0n) is 18.2. The Morgan fingerprint density at radius 1 is 1.37 bits per heavy atom. The average Bonchev–Trinajstić information content (AvgIpc) is 2.69. The van der Waals surface area contributed by atoms with Crippen LogP contribution in [0.15, 0.2) is 24.3 Å². The molecule has 0 aromatic heterocycles. The van der Waals surface area contributed by atoms with Gasteiger partial charge < -0.3 is 0 Å². The maximum atomic E-state index is 12.8. The Labute approximate surface area is 131 Å². The number of aryl methyl sites for hydroxylation is 1. The highest BCUT2D eigenvalue weighted by Crippen LogP contribution is 2.30. The monoisotopic (exact) mass is 289 g/mol. The average molecular weight is 290 g/mol. The van der Waals surface area contributed by atoms with E-state index < -0.39 is 37.8 Å². The first-order chi connectivity index (χ1) is 11.2. The van der Waals surface area contributed by atoms with Gasteiger partial charge in [-0.15, -0.1) is 12.4 Å². The van der Waals surface area contributed by atoms with E-state index in [1.54, 1.807) is 19.1 Å². The van der Waals surface area contributed by atoms with Gasteiger partial charge in [-0.2, -0.15) is 0 Å². The van der Waals surface area contributed by atoms with Gasteiger partial charge in [0.05, 0.1) is 12.2 Å². The summed E-state index contributed by atoms with van der Waals surface area (Å²) in [7, 11) is 0. The van der Waals surface area contributed by atoms with Crippen LogP contribution in [0.1, 0.15) is 42.2 Å². The number of halogens is 1. The summed E-state index contributed by atoms with van der Waals surface area (Å²) < 4.78 is 54.3. The second-order valence-electron chi connectivity index (χ2n) is 4.45. The lowest BCUT2D eigenvalue weighted by molar-refractivity contribution is -0.119. The minimum Gasteiger partial charge on any atom is -0.295 e. The van der Waals surface area contributed by atoms with Crippen molar-refractivity contribution >= 4 is 24.0 Å². The maximum absolute atomic E-state index is 12.8. The third-order valence-corrected chi connectivity index (χ3v) is 3.35. The van der Waals surface area contributed by atoms with Crippen molar-refractivity contribution < 1.29 is 14.4 Å². The van der Waals surface area contributed by atoms with E-state index >= 15 is 0 Å². The summed E-state index contributed by atoms with van der Waals surface area (Å²) in [5, 5.41) is 0. The van der Waals surface area contributed by atoms with Crippen LogP contribution in [0.2, 0.25) is 0 Å². The summed E-state index contributed by atoms with van der Waals surface area (Å²) in [5.41, 5.74) is 1.41. The van der Waals surface area contributed by atoms with Crippen molar-refractivity contribution in [2.24, 2.45) is 0 Å². The molecule has 1 amide bonds. The summed E-state index contributed by atoms with van der Waals surface area (Å²) in [6.45, 7) is -1.19. The summed E-state index contributed by atoms with van der Waals surface area (Å²) in [6, 6.07) is 6.12. The highest BCUT2D eigenvalue weighted by molar-refractivity contribution is 6.00. The van der Waals surface area contributed by atoms with Crippen molar-refractivity contribution in [1.29, 1.82) is 0 Å². The summed E-state index contributed by atoms with van der Waals surface area (Å²) in [5.74, 6) is -0.396. The number of anilines is 1. The summed E-state index contributed by atoms with van der Waals surface area (Å²) >= 11 is 0. The fraction of sp³-hybridized carbons (Fsp3) is 0.533.